The van der Waals surface area contributed by atoms with Crippen molar-refractivity contribution in [3.63, 3.8) is 0 Å². The van der Waals surface area contributed by atoms with Gasteiger partial charge in [0.15, 0.2) is 5.82 Å². The molecule has 3 N–H and O–H groups in total. The molecule has 0 aliphatic rings. The quantitative estimate of drug-likeness (QED) is 0.475. The molecule has 0 aliphatic carbocycles. The third-order valence-corrected chi connectivity index (χ3v) is 5.06. The number of nitrogens with zero attached hydrogens (tertiary/aromatic N) is 4. The van der Waals surface area contributed by atoms with E-state index in [0.717, 1.165) is 10.4 Å². The molecule has 2 heterocycles. The first-order valence-electron chi connectivity index (χ1n) is 9.05. The Labute approximate surface area is 176 Å². The van der Waals surface area contributed by atoms with Gasteiger partial charge in [-0.2, -0.15) is 5.10 Å². The van der Waals surface area contributed by atoms with Crippen molar-refractivity contribution in [1.29, 1.82) is 0 Å². The molecule has 2 aromatic heterocycles. The van der Waals surface area contributed by atoms with Crippen molar-refractivity contribution in [3.05, 3.63) is 88.2 Å². The van der Waals surface area contributed by atoms with Gasteiger partial charge in [0.1, 0.15) is 28.4 Å². The third-order valence-electron chi connectivity index (χ3n) is 4.68. The van der Waals surface area contributed by atoms with E-state index in [9.17, 15) is 9.18 Å². The number of aryl methyl sites for hydroxylation is 1. The van der Waals surface area contributed by atoms with Crippen molar-refractivity contribution in [1.82, 2.24) is 19.3 Å². The van der Waals surface area contributed by atoms with Crippen LogP contribution in [0, 0.1) is 5.82 Å². The zero-order valence-electron chi connectivity index (χ0n) is 16.0. The van der Waals surface area contributed by atoms with Gasteiger partial charge in [0.25, 0.3) is 5.56 Å². The zero-order chi connectivity index (χ0) is 21.4. The molecule has 1 atom stereocenters. The molecule has 9 heteroatoms. The Morgan fingerprint density at radius 2 is 2.00 bits per heavy atom. The minimum atomic E-state index is -0.632. The number of nitrogens with two attached hydrogens (primary N) is 1. The van der Waals surface area contributed by atoms with E-state index in [-0.39, 0.29) is 22.3 Å². The highest BCUT2D eigenvalue weighted by molar-refractivity contribution is 6.35. The van der Waals surface area contributed by atoms with Crippen molar-refractivity contribution in [2.75, 3.05) is 11.1 Å². The Kier molecular flexibility index (Phi) is 5.01. The van der Waals surface area contributed by atoms with Crippen LogP contribution in [0.4, 0.5) is 15.9 Å². The lowest BCUT2D eigenvalue weighted by atomic mass is 10.2. The molecular weight excluding hydrogens is 407 g/mol. The van der Waals surface area contributed by atoms with E-state index in [1.54, 1.807) is 16.7 Å². The lowest BCUT2D eigenvalue weighted by Crippen LogP contribution is -2.27. The number of para-hydroxylation sites is 1. The SMILES string of the molecule is C=C[C@H](Nc1c(Cl)c(N)nn(C)c1=O)c1nc2ccc(F)cc2n1-c1ccccc1. The molecule has 4 aromatic rings. The molecule has 0 saturated carbocycles. The van der Waals surface area contributed by atoms with Crippen LogP contribution in [0.5, 0.6) is 0 Å². The molecule has 0 spiro atoms. The Bertz CT molecular complexity index is 1310. The minimum absolute atomic E-state index is 0.0124. The largest absolute Gasteiger partial charge is 0.381 e. The number of imidazole rings is 1. The Morgan fingerprint density at radius 3 is 2.70 bits per heavy atom. The summed E-state index contributed by atoms with van der Waals surface area (Å²) in [6.45, 7) is 3.87. The van der Waals surface area contributed by atoms with E-state index in [1.807, 2.05) is 30.3 Å². The van der Waals surface area contributed by atoms with Crippen molar-refractivity contribution in [2.24, 2.45) is 7.05 Å². The Hall–Kier alpha value is -3.65. The van der Waals surface area contributed by atoms with Crippen molar-refractivity contribution >= 4 is 34.1 Å². The predicted molar refractivity (Wildman–Crippen MR) is 116 cm³/mol. The number of nitrogen functional groups attached to an aromatic ring is 1. The molecule has 0 bridgehead atoms. The van der Waals surface area contributed by atoms with Crippen LogP contribution in [0.2, 0.25) is 5.02 Å². The number of halogens is 2. The summed E-state index contributed by atoms with van der Waals surface area (Å²) in [6.07, 6.45) is 1.59. The summed E-state index contributed by atoms with van der Waals surface area (Å²) in [6, 6.07) is 13.1. The summed E-state index contributed by atoms with van der Waals surface area (Å²) < 4.78 is 16.9. The number of anilines is 2. The third kappa shape index (κ3) is 3.31. The number of fused-ring (bicyclic) bond motifs is 1. The van der Waals surface area contributed by atoms with Gasteiger partial charge < -0.3 is 11.1 Å². The molecule has 0 amide bonds. The molecule has 0 saturated heterocycles. The molecule has 4 rings (SSSR count). The molecule has 2 aromatic carbocycles. The predicted octanol–water partition coefficient (Wildman–Crippen LogP) is 3.83. The molecule has 0 unspecified atom stereocenters. The lowest BCUT2D eigenvalue weighted by molar-refractivity contribution is 0.629. The smallest absolute Gasteiger partial charge is 0.291 e. The number of hydrogen-bond donors (Lipinski definition) is 2. The topological polar surface area (TPSA) is 90.8 Å². The second-order valence-corrected chi connectivity index (χ2v) is 7.01. The van der Waals surface area contributed by atoms with Gasteiger partial charge in [-0.05, 0) is 24.3 Å². The van der Waals surface area contributed by atoms with Crippen LogP contribution < -0.4 is 16.6 Å². The van der Waals surface area contributed by atoms with E-state index in [0.29, 0.717) is 16.9 Å². The average Bonchev–Trinajstić information content (AvgIpc) is 3.11. The highest BCUT2D eigenvalue weighted by atomic mass is 35.5. The van der Waals surface area contributed by atoms with E-state index in [2.05, 4.69) is 22.0 Å². The number of rotatable bonds is 5. The maximum absolute atomic E-state index is 14.0. The van der Waals surface area contributed by atoms with E-state index < -0.39 is 11.6 Å². The summed E-state index contributed by atoms with van der Waals surface area (Å²) >= 11 is 6.24. The molecular formula is C21H18ClFN6O. The number of hydrogen-bond acceptors (Lipinski definition) is 5. The van der Waals surface area contributed by atoms with E-state index in [4.69, 9.17) is 17.3 Å². The van der Waals surface area contributed by atoms with Gasteiger partial charge in [-0.15, -0.1) is 6.58 Å². The fourth-order valence-corrected chi connectivity index (χ4v) is 3.44. The first kappa shape index (κ1) is 19.7. The highest BCUT2D eigenvalue weighted by Gasteiger charge is 2.23. The fourth-order valence-electron chi connectivity index (χ4n) is 3.27. The van der Waals surface area contributed by atoms with E-state index in [1.165, 1.54) is 19.2 Å². The minimum Gasteiger partial charge on any atom is -0.381 e. The molecule has 0 fully saturated rings. The second-order valence-electron chi connectivity index (χ2n) is 6.63. The van der Waals surface area contributed by atoms with Crippen LogP contribution in [0.1, 0.15) is 11.9 Å². The fraction of sp³-hybridized carbons (Fsp3) is 0.0952. The Morgan fingerprint density at radius 1 is 1.27 bits per heavy atom. The van der Waals surface area contributed by atoms with Gasteiger partial charge in [-0.1, -0.05) is 35.9 Å². The van der Waals surface area contributed by atoms with E-state index >= 15 is 0 Å². The van der Waals surface area contributed by atoms with Gasteiger partial charge >= 0.3 is 0 Å². The van der Waals surface area contributed by atoms with Crippen LogP contribution in [0.3, 0.4) is 0 Å². The molecule has 0 radical (unpaired) electrons. The van der Waals surface area contributed by atoms with Crippen molar-refractivity contribution in [2.45, 2.75) is 6.04 Å². The molecule has 0 aliphatic heterocycles. The highest BCUT2D eigenvalue weighted by Crippen LogP contribution is 2.30. The molecule has 152 valence electrons. The maximum atomic E-state index is 14.0. The summed E-state index contributed by atoms with van der Waals surface area (Å²) in [5.74, 6) is 0.140. The second kappa shape index (κ2) is 7.64. The normalized spacial score (nSPS) is 12.1. The van der Waals surface area contributed by atoms with Crippen LogP contribution in [0.25, 0.3) is 16.7 Å². The van der Waals surface area contributed by atoms with Crippen molar-refractivity contribution in [3.8, 4) is 5.69 Å². The molecule has 30 heavy (non-hydrogen) atoms. The van der Waals surface area contributed by atoms with Crippen molar-refractivity contribution < 1.29 is 4.39 Å². The number of nitrogens with one attached hydrogen (secondary N) is 1. The average molecular weight is 425 g/mol. The van der Waals surface area contributed by atoms with Crippen LogP contribution in [0.15, 0.2) is 66.0 Å². The van der Waals surface area contributed by atoms with Crippen LogP contribution >= 0.6 is 11.6 Å². The van der Waals surface area contributed by atoms with Crippen LogP contribution in [-0.2, 0) is 7.05 Å². The maximum Gasteiger partial charge on any atom is 0.291 e. The standard InChI is InChI=1S/C21H18ClFN6O/c1-3-14(25-18-17(22)19(24)27-28(2)21(18)30)20-26-15-10-9-12(23)11-16(15)29(20)13-7-5-4-6-8-13/h3-11,14,25H,1H2,2H3,(H2,24,27)/t14-/m0/s1. The van der Waals surface area contributed by atoms with Gasteiger partial charge in [-0.25, -0.2) is 14.1 Å². The molecule has 7 nitrogen and oxygen atoms in total. The van der Waals surface area contributed by atoms with Gasteiger partial charge in [0, 0.05) is 18.8 Å². The summed E-state index contributed by atoms with van der Waals surface area (Å²) in [7, 11) is 1.48. The van der Waals surface area contributed by atoms with Gasteiger partial charge in [0.2, 0.25) is 0 Å². The monoisotopic (exact) mass is 424 g/mol. The summed E-state index contributed by atoms with van der Waals surface area (Å²) in [4.78, 5) is 17.2. The Balaban J connectivity index is 1.92. The number of aromatic nitrogens is 4. The zero-order valence-corrected chi connectivity index (χ0v) is 16.8. The van der Waals surface area contributed by atoms with Gasteiger partial charge in [-0.3, -0.25) is 9.36 Å². The lowest BCUT2D eigenvalue weighted by Gasteiger charge is -2.19. The number of benzene rings is 2. The van der Waals surface area contributed by atoms with Crippen LogP contribution in [-0.4, -0.2) is 19.3 Å². The van der Waals surface area contributed by atoms with Gasteiger partial charge in [0.05, 0.1) is 11.0 Å². The first-order chi connectivity index (χ1) is 14.4. The first-order valence-corrected chi connectivity index (χ1v) is 9.43. The summed E-state index contributed by atoms with van der Waals surface area (Å²) in [5.41, 5.74) is 7.40. The summed E-state index contributed by atoms with van der Waals surface area (Å²) in [5, 5.41) is 6.95.